The van der Waals surface area contributed by atoms with Crippen molar-refractivity contribution in [1.82, 2.24) is 5.32 Å². The lowest BCUT2D eigenvalue weighted by Gasteiger charge is -2.26. The fraction of sp³-hybridized carbons (Fsp3) is 0.0769. The van der Waals surface area contributed by atoms with Gasteiger partial charge in [-0.3, -0.25) is 19.7 Å². The number of methoxy groups -OCH3 is 1. The summed E-state index contributed by atoms with van der Waals surface area (Å²) in [5, 5.41) is 4.75. The molecule has 0 saturated carbocycles. The molecule has 11 heteroatoms. The zero-order chi connectivity index (χ0) is 26.5. The van der Waals surface area contributed by atoms with Gasteiger partial charge < -0.3 is 14.8 Å². The molecule has 188 valence electrons. The number of amides is 5. The monoisotopic (exact) mass is 567 g/mol. The number of carbonyl (C=O) groups excluding carboxylic acids is 4. The van der Waals surface area contributed by atoms with Crippen LogP contribution in [0.25, 0.3) is 6.08 Å². The average molecular weight is 568 g/mol. The zero-order valence-corrected chi connectivity index (χ0v) is 20.9. The molecule has 3 aromatic rings. The van der Waals surface area contributed by atoms with Crippen LogP contribution in [0, 0.1) is 5.82 Å². The van der Waals surface area contributed by atoms with E-state index in [9.17, 15) is 23.6 Å². The predicted molar refractivity (Wildman–Crippen MR) is 137 cm³/mol. The second kappa shape index (κ2) is 11.0. The second-order valence-corrected chi connectivity index (χ2v) is 8.54. The number of nitrogens with one attached hydrogen (secondary N) is 2. The first-order valence-corrected chi connectivity index (χ1v) is 11.6. The van der Waals surface area contributed by atoms with Gasteiger partial charge in [-0.1, -0.05) is 6.07 Å². The van der Waals surface area contributed by atoms with Crippen molar-refractivity contribution in [3.05, 3.63) is 88.2 Å². The van der Waals surface area contributed by atoms with Gasteiger partial charge in [0.2, 0.25) is 0 Å². The number of carbonyl (C=O) groups is 4. The van der Waals surface area contributed by atoms with Crippen molar-refractivity contribution in [2.24, 2.45) is 0 Å². The van der Waals surface area contributed by atoms with Crippen LogP contribution in [0.4, 0.5) is 20.6 Å². The fourth-order valence-electron chi connectivity index (χ4n) is 3.39. The Morgan fingerprint density at radius 3 is 2.41 bits per heavy atom. The fourth-order valence-corrected chi connectivity index (χ4v) is 3.90. The highest BCUT2D eigenvalue weighted by Crippen LogP contribution is 2.29. The molecule has 1 saturated heterocycles. The molecule has 1 heterocycles. The van der Waals surface area contributed by atoms with Crippen LogP contribution in [0.3, 0.4) is 0 Å². The number of urea groups is 1. The van der Waals surface area contributed by atoms with Gasteiger partial charge >= 0.3 is 6.03 Å². The summed E-state index contributed by atoms with van der Waals surface area (Å²) in [6, 6.07) is 15.4. The normalized spacial score (nSPS) is 14.4. The molecule has 1 fully saturated rings. The van der Waals surface area contributed by atoms with Gasteiger partial charge in [0.1, 0.15) is 22.9 Å². The summed E-state index contributed by atoms with van der Waals surface area (Å²) in [6.45, 7) is -0.309. The molecule has 1 aliphatic rings. The van der Waals surface area contributed by atoms with Gasteiger partial charge in [0.05, 0.1) is 17.3 Å². The molecule has 5 amide bonds. The van der Waals surface area contributed by atoms with Crippen LogP contribution in [0.1, 0.15) is 5.56 Å². The molecule has 2 N–H and O–H groups in total. The van der Waals surface area contributed by atoms with Gasteiger partial charge in [0, 0.05) is 5.69 Å². The number of halogens is 2. The van der Waals surface area contributed by atoms with E-state index in [4.69, 9.17) is 9.47 Å². The van der Waals surface area contributed by atoms with E-state index in [1.54, 1.807) is 30.3 Å². The van der Waals surface area contributed by atoms with Gasteiger partial charge in [0.25, 0.3) is 17.7 Å². The van der Waals surface area contributed by atoms with Crippen molar-refractivity contribution in [2.75, 3.05) is 23.9 Å². The molecule has 0 aromatic heterocycles. The van der Waals surface area contributed by atoms with Gasteiger partial charge in [-0.25, -0.2) is 14.1 Å². The lowest BCUT2D eigenvalue weighted by molar-refractivity contribution is -0.122. The number of hydrogen-bond donors (Lipinski definition) is 2. The van der Waals surface area contributed by atoms with E-state index >= 15 is 0 Å². The molecule has 37 heavy (non-hydrogen) atoms. The first-order valence-electron chi connectivity index (χ1n) is 10.8. The summed E-state index contributed by atoms with van der Waals surface area (Å²) in [5.41, 5.74) is 0.923. The van der Waals surface area contributed by atoms with Crippen LogP contribution in [0.2, 0.25) is 0 Å². The molecule has 0 bridgehead atoms. The first kappa shape index (κ1) is 25.6. The smallest absolute Gasteiger partial charge is 0.335 e. The average Bonchev–Trinajstić information content (AvgIpc) is 2.87. The zero-order valence-electron chi connectivity index (χ0n) is 19.3. The highest BCUT2D eigenvalue weighted by molar-refractivity contribution is 9.10. The molecule has 3 aromatic carbocycles. The second-order valence-electron chi connectivity index (χ2n) is 7.69. The Kier molecular flexibility index (Phi) is 7.63. The molecule has 0 unspecified atom stereocenters. The third kappa shape index (κ3) is 6.01. The highest BCUT2D eigenvalue weighted by atomic mass is 79.9. The maximum absolute atomic E-state index is 13.0. The molecule has 0 spiro atoms. The first-order chi connectivity index (χ1) is 17.7. The number of rotatable bonds is 7. The molecular weight excluding hydrogens is 549 g/mol. The third-order valence-electron chi connectivity index (χ3n) is 5.19. The summed E-state index contributed by atoms with van der Waals surface area (Å²) < 4.78 is 24.1. The van der Waals surface area contributed by atoms with Crippen molar-refractivity contribution in [3.63, 3.8) is 0 Å². The number of imide groups is 2. The number of barbiturate groups is 1. The largest absolute Gasteiger partial charge is 0.497 e. The van der Waals surface area contributed by atoms with Crippen LogP contribution < -0.4 is 25.0 Å². The Hall–Kier alpha value is -4.51. The molecule has 0 radical (unpaired) electrons. The minimum Gasteiger partial charge on any atom is -0.497 e. The Balaban J connectivity index is 1.47. The van der Waals surface area contributed by atoms with Crippen molar-refractivity contribution in [1.29, 1.82) is 0 Å². The standard InChI is InChI=1S/C26H19BrFN3O6/c1-36-19-9-7-18(8-10-19)31-25(34)20(24(33)30-26(31)35)12-15-2-11-22(21(27)13-15)37-14-23(32)29-17-5-3-16(28)4-6-17/h2-13H,14H2,1H3,(H,29,32)(H,30,33,35)/b20-12+. The van der Waals surface area contributed by atoms with Gasteiger partial charge in [0.15, 0.2) is 6.61 Å². The molecule has 0 aliphatic carbocycles. The maximum Gasteiger partial charge on any atom is 0.335 e. The molecule has 1 aliphatic heterocycles. The minimum absolute atomic E-state index is 0.241. The van der Waals surface area contributed by atoms with Crippen LogP contribution in [0.15, 0.2) is 76.8 Å². The molecule has 0 atom stereocenters. The number of anilines is 2. The van der Waals surface area contributed by atoms with E-state index in [0.29, 0.717) is 27.2 Å². The van der Waals surface area contributed by atoms with Crippen molar-refractivity contribution >= 4 is 57.1 Å². The van der Waals surface area contributed by atoms with E-state index < -0.39 is 29.6 Å². The topological polar surface area (TPSA) is 114 Å². The Bertz CT molecular complexity index is 1410. The van der Waals surface area contributed by atoms with Crippen LogP contribution in [-0.2, 0) is 14.4 Å². The van der Waals surface area contributed by atoms with E-state index in [1.165, 1.54) is 49.6 Å². The van der Waals surface area contributed by atoms with Gasteiger partial charge in [-0.05, 0) is 88.2 Å². The SMILES string of the molecule is COc1ccc(N2C(=O)NC(=O)/C(=C\c3ccc(OCC(=O)Nc4ccc(F)cc4)c(Br)c3)C2=O)cc1. The lowest BCUT2D eigenvalue weighted by Crippen LogP contribution is -2.54. The summed E-state index contributed by atoms with van der Waals surface area (Å²) in [4.78, 5) is 50.8. The predicted octanol–water partition coefficient (Wildman–Crippen LogP) is 4.28. The highest BCUT2D eigenvalue weighted by Gasteiger charge is 2.36. The van der Waals surface area contributed by atoms with E-state index in [0.717, 1.165) is 4.90 Å². The summed E-state index contributed by atoms with van der Waals surface area (Å²) >= 11 is 3.35. The Morgan fingerprint density at radius 2 is 1.76 bits per heavy atom. The summed E-state index contributed by atoms with van der Waals surface area (Å²) in [6.07, 6.45) is 1.34. The van der Waals surface area contributed by atoms with E-state index in [1.807, 2.05) is 0 Å². The Labute approximate surface area is 219 Å². The third-order valence-corrected chi connectivity index (χ3v) is 5.81. The number of hydrogen-bond acceptors (Lipinski definition) is 6. The number of ether oxygens (including phenoxy) is 2. The van der Waals surface area contributed by atoms with Crippen LogP contribution in [0.5, 0.6) is 11.5 Å². The lowest BCUT2D eigenvalue weighted by atomic mass is 10.1. The van der Waals surface area contributed by atoms with Crippen molar-refractivity contribution in [3.8, 4) is 11.5 Å². The van der Waals surface area contributed by atoms with Crippen LogP contribution in [-0.4, -0.2) is 37.5 Å². The Morgan fingerprint density at radius 1 is 1.05 bits per heavy atom. The maximum atomic E-state index is 13.0. The van der Waals surface area contributed by atoms with Crippen LogP contribution >= 0.6 is 15.9 Å². The van der Waals surface area contributed by atoms with E-state index in [2.05, 4.69) is 26.6 Å². The quantitative estimate of drug-likeness (QED) is 0.325. The summed E-state index contributed by atoms with van der Waals surface area (Å²) in [7, 11) is 1.49. The van der Waals surface area contributed by atoms with E-state index in [-0.39, 0.29) is 17.9 Å². The van der Waals surface area contributed by atoms with Crippen molar-refractivity contribution in [2.45, 2.75) is 0 Å². The number of nitrogens with zero attached hydrogens (tertiary/aromatic N) is 1. The molecular formula is C26H19BrFN3O6. The van der Waals surface area contributed by atoms with Gasteiger partial charge in [-0.2, -0.15) is 0 Å². The summed E-state index contributed by atoms with van der Waals surface area (Å²) in [5.74, 6) is -1.59. The van der Waals surface area contributed by atoms with Crippen molar-refractivity contribution < 1.29 is 33.0 Å². The molecule has 9 nitrogen and oxygen atoms in total. The molecule has 4 rings (SSSR count). The minimum atomic E-state index is -0.860. The number of benzene rings is 3. The van der Waals surface area contributed by atoms with Gasteiger partial charge in [-0.15, -0.1) is 0 Å².